The van der Waals surface area contributed by atoms with Crippen LogP contribution in [0.3, 0.4) is 0 Å². The predicted octanol–water partition coefficient (Wildman–Crippen LogP) is 4.47. The molecule has 152 valence electrons. The fourth-order valence-corrected chi connectivity index (χ4v) is 5.84. The first-order valence-corrected chi connectivity index (χ1v) is 11.8. The molecule has 0 spiro atoms. The third-order valence-corrected chi connectivity index (χ3v) is 7.49. The van der Waals surface area contributed by atoms with Crippen LogP contribution in [0.1, 0.15) is 28.1 Å². The second-order valence-electron chi connectivity index (χ2n) is 7.32. The topological polar surface area (TPSA) is 67.6 Å². The Kier molecular flexibility index (Phi) is 5.25. The number of hydrogen-bond acceptors (Lipinski definition) is 4. The molecule has 1 aliphatic rings. The molecular formula is C21H19BrFNO4S. The quantitative estimate of drug-likeness (QED) is 0.553. The number of furan rings is 1. The number of hydrogen-bond donors (Lipinski definition) is 0. The van der Waals surface area contributed by atoms with Crippen LogP contribution in [-0.4, -0.2) is 36.8 Å². The molecule has 2 heterocycles. The summed E-state index contributed by atoms with van der Waals surface area (Å²) in [6, 6.07) is 11.0. The number of carbonyl (C=O) groups is 1. The molecule has 5 nitrogen and oxygen atoms in total. The first kappa shape index (κ1) is 20.1. The summed E-state index contributed by atoms with van der Waals surface area (Å²) in [5, 5.41) is 0.812. The summed E-state index contributed by atoms with van der Waals surface area (Å²) in [7, 11) is -3.20. The smallest absolute Gasteiger partial charge is 0.290 e. The van der Waals surface area contributed by atoms with Crippen LogP contribution >= 0.6 is 15.9 Å². The largest absolute Gasteiger partial charge is 0.451 e. The number of amides is 1. The number of fused-ring (bicyclic) bond motifs is 1. The van der Waals surface area contributed by atoms with Crippen molar-refractivity contribution in [2.75, 3.05) is 11.5 Å². The van der Waals surface area contributed by atoms with Crippen molar-refractivity contribution in [3.8, 4) is 0 Å². The Bertz CT molecular complexity index is 1200. The van der Waals surface area contributed by atoms with Crippen LogP contribution in [-0.2, 0) is 16.4 Å². The SMILES string of the molecule is Cc1c(C(=O)N(Cc2cccc(F)c2)[C@@H]2CCS(=O)(=O)C2)oc2ccc(Br)cc12. The molecule has 29 heavy (non-hydrogen) atoms. The highest BCUT2D eigenvalue weighted by Crippen LogP contribution is 2.31. The van der Waals surface area contributed by atoms with E-state index in [1.807, 2.05) is 12.1 Å². The summed E-state index contributed by atoms with van der Waals surface area (Å²) in [4.78, 5) is 14.9. The molecule has 4 rings (SSSR count). The highest BCUT2D eigenvalue weighted by molar-refractivity contribution is 9.10. The van der Waals surface area contributed by atoms with Gasteiger partial charge in [-0.2, -0.15) is 0 Å². The van der Waals surface area contributed by atoms with Crippen LogP contribution in [0.5, 0.6) is 0 Å². The van der Waals surface area contributed by atoms with E-state index in [-0.39, 0.29) is 29.7 Å². The average Bonchev–Trinajstić information content (AvgIpc) is 3.19. The first-order valence-electron chi connectivity index (χ1n) is 9.18. The number of rotatable bonds is 4. The van der Waals surface area contributed by atoms with Crippen LogP contribution in [0, 0.1) is 12.7 Å². The van der Waals surface area contributed by atoms with Crippen molar-refractivity contribution < 1.29 is 22.0 Å². The molecule has 1 fully saturated rings. The minimum atomic E-state index is -3.20. The van der Waals surface area contributed by atoms with Crippen molar-refractivity contribution in [2.24, 2.45) is 0 Å². The van der Waals surface area contributed by atoms with Gasteiger partial charge in [0.1, 0.15) is 11.4 Å². The van der Waals surface area contributed by atoms with Crippen LogP contribution in [0.15, 0.2) is 51.4 Å². The van der Waals surface area contributed by atoms with Gasteiger partial charge in [-0.1, -0.05) is 28.1 Å². The van der Waals surface area contributed by atoms with Gasteiger partial charge in [-0.25, -0.2) is 12.8 Å². The van der Waals surface area contributed by atoms with E-state index in [2.05, 4.69) is 15.9 Å². The van der Waals surface area contributed by atoms with Gasteiger partial charge in [0.15, 0.2) is 15.6 Å². The molecule has 1 aromatic heterocycles. The Labute approximate surface area is 176 Å². The second kappa shape index (κ2) is 7.57. The van der Waals surface area contributed by atoms with Gasteiger partial charge in [0, 0.05) is 28.0 Å². The lowest BCUT2D eigenvalue weighted by Crippen LogP contribution is -2.40. The van der Waals surface area contributed by atoms with Crippen molar-refractivity contribution in [1.82, 2.24) is 4.90 Å². The predicted molar refractivity (Wildman–Crippen MR) is 112 cm³/mol. The van der Waals surface area contributed by atoms with Gasteiger partial charge in [-0.05, 0) is 49.2 Å². The lowest BCUT2D eigenvalue weighted by Gasteiger charge is -2.28. The van der Waals surface area contributed by atoms with E-state index in [1.165, 1.54) is 17.0 Å². The molecule has 1 atom stereocenters. The minimum absolute atomic E-state index is 0.0383. The zero-order valence-corrected chi connectivity index (χ0v) is 18.1. The number of nitrogens with zero attached hydrogens (tertiary/aromatic N) is 1. The molecule has 0 saturated carbocycles. The Morgan fingerprint density at radius 1 is 1.28 bits per heavy atom. The van der Waals surface area contributed by atoms with Gasteiger partial charge in [-0.3, -0.25) is 4.79 Å². The molecule has 8 heteroatoms. The summed E-state index contributed by atoms with van der Waals surface area (Å²) in [5.74, 6) is -0.672. The lowest BCUT2D eigenvalue weighted by atomic mass is 10.1. The summed E-state index contributed by atoms with van der Waals surface area (Å²) in [6.07, 6.45) is 0.355. The van der Waals surface area contributed by atoms with Crippen molar-refractivity contribution >= 4 is 42.6 Å². The van der Waals surface area contributed by atoms with Gasteiger partial charge in [0.2, 0.25) is 0 Å². The summed E-state index contributed by atoms with van der Waals surface area (Å²) < 4.78 is 44.4. The fraction of sp³-hybridized carbons (Fsp3) is 0.286. The van der Waals surface area contributed by atoms with E-state index in [0.29, 0.717) is 23.1 Å². The standard InChI is InChI=1S/C21H19BrFNO4S/c1-13-18-10-15(22)5-6-19(18)28-20(13)21(25)24(17-7-8-29(26,27)12-17)11-14-3-2-4-16(23)9-14/h2-6,9-10,17H,7-8,11-12H2,1H3/t17-/m1/s1. The van der Waals surface area contributed by atoms with Gasteiger partial charge >= 0.3 is 0 Å². The van der Waals surface area contributed by atoms with Crippen LogP contribution in [0.4, 0.5) is 4.39 Å². The minimum Gasteiger partial charge on any atom is -0.451 e. The Morgan fingerprint density at radius 2 is 2.07 bits per heavy atom. The number of sulfone groups is 1. The van der Waals surface area contributed by atoms with E-state index in [4.69, 9.17) is 4.42 Å². The third-order valence-electron chi connectivity index (χ3n) is 5.24. The first-order chi connectivity index (χ1) is 13.7. The number of aryl methyl sites for hydroxylation is 1. The van der Waals surface area contributed by atoms with Crippen LogP contribution in [0.25, 0.3) is 11.0 Å². The van der Waals surface area contributed by atoms with E-state index < -0.39 is 21.7 Å². The summed E-state index contributed by atoms with van der Waals surface area (Å²) in [5.41, 5.74) is 1.87. The van der Waals surface area contributed by atoms with Crippen molar-refractivity contribution in [3.05, 3.63) is 69.6 Å². The molecule has 0 bridgehead atoms. The number of halogens is 2. The maximum absolute atomic E-state index is 13.7. The average molecular weight is 480 g/mol. The second-order valence-corrected chi connectivity index (χ2v) is 10.5. The molecular weight excluding hydrogens is 461 g/mol. The molecule has 0 unspecified atom stereocenters. The monoisotopic (exact) mass is 479 g/mol. The molecule has 0 aliphatic carbocycles. The van der Waals surface area contributed by atoms with Crippen molar-refractivity contribution in [1.29, 1.82) is 0 Å². The molecule has 3 aromatic rings. The highest BCUT2D eigenvalue weighted by Gasteiger charge is 2.36. The maximum Gasteiger partial charge on any atom is 0.290 e. The molecule has 1 amide bonds. The molecule has 0 radical (unpaired) electrons. The molecule has 1 aliphatic heterocycles. The molecule has 0 N–H and O–H groups in total. The van der Waals surface area contributed by atoms with Gasteiger partial charge in [0.05, 0.1) is 11.5 Å². The van der Waals surface area contributed by atoms with Crippen molar-refractivity contribution in [3.63, 3.8) is 0 Å². The third kappa shape index (κ3) is 4.09. The fourth-order valence-electron chi connectivity index (χ4n) is 3.75. The summed E-state index contributed by atoms with van der Waals surface area (Å²) in [6.45, 7) is 1.91. The highest BCUT2D eigenvalue weighted by atomic mass is 79.9. The zero-order valence-electron chi connectivity index (χ0n) is 15.7. The van der Waals surface area contributed by atoms with E-state index in [0.717, 1.165) is 9.86 Å². The Balaban J connectivity index is 1.74. The normalized spacial score (nSPS) is 18.2. The van der Waals surface area contributed by atoms with E-state index in [1.54, 1.807) is 25.1 Å². The maximum atomic E-state index is 13.7. The van der Waals surface area contributed by atoms with E-state index >= 15 is 0 Å². The van der Waals surface area contributed by atoms with Crippen LogP contribution in [0.2, 0.25) is 0 Å². The van der Waals surface area contributed by atoms with Gasteiger partial charge < -0.3 is 9.32 Å². The van der Waals surface area contributed by atoms with Crippen molar-refractivity contribution in [2.45, 2.75) is 25.9 Å². The Morgan fingerprint density at radius 3 is 2.76 bits per heavy atom. The lowest BCUT2D eigenvalue weighted by molar-refractivity contribution is 0.0649. The van der Waals surface area contributed by atoms with Gasteiger partial charge in [0.25, 0.3) is 5.91 Å². The van der Waals surface area contributed by atoms with E-state index in [9.17, 15) is 17.6 Å². The Hall–Kier alpha value is -2.19. The van der Waals surface area contributed by atoms with Crippen LogP contribution < -0.4 is 0 Å². The van der Waals surface area contributed by atoms with Gasteiger partial charge in [-0.15, -0.1) is 0 Å². The zero-order chi connectivity index (χ0) is 20.8. The molecule has 2 aromatic carbocycles. The number of benzene rings is 2. The molecule has 1 saturated heterocycles. The number of carbonyl (C=O) groups excluding carboxylic acids is 1. The summed E-state index contributed by atoms with van der Waals surface area (Å²) >= 11 is 3.42.